The molecule has 0 saturated heterocycles. The lowest BCUT2D eigenvalue weighted by Crippen LogP contribution is -2.52. The summed E-state index contributed by atoms with van der Waals surface area (Å²) in [5.41, 5.74) is -0.932. The number of halogens is 4. The van der Waals surface area contributed by atoms with Crippen molar-refractivity contribution in [2.45, 2.75) is 56.9 Å². The van der Waals surface area contributed by atoms with Gasteiger partial charge < -0.3 is 10.2 Å². The Labute approximate surface area is 243 Å². The van der Waals surface area contributed by atoms with E-state index in [9.17, 15) is 31.2 Å². The minimum absolute atomic E-state index is 0.143. The highest BCUT2D eigenvalue weighted by atomic mass is 35.5. The molecule has 0 saturated carbocycles. The molecule has 0 aliphatic carbocycles. The van der Waals surface area contributed by atoms with Gasteiger partial charge in [-0.2, -0.15) is 13.2 Å². The molecule has 1 N–H and O–H groups in total. The number of carbonyl (C=O) groups is 2. The highest BCUT2D eigenvalue weighted by Gasteiger charge is 2.35. The van der Waals surface area contributed by atoms with Crippen LogP contribution >= 0.6 is 11.6 Å². The molecule has 0 unspecified atom stereocenters. The summed E-state index contributed by atoms with van der Waals surface area (Å²) in [6.45, 7) is 4.16. The van der Waals surface area contributed by atoms with E-state index in [1.165, 1.54) is 42.2 Å². The van der Waals surface area contributed by atoms with Crippen LogP contribution in [0.4, 0.5) is 18.9 Å². The predicted molar refractivity (Wildman–Crippen MR) is 152 cm³/mol. The lowest BCUT2D eigenvalue weighted by molar-refractivity contribution is -0.139. The van der Waals surface area contributed by atoms with Crippen molar-refractivity contribution in [1.29, 1.82) is 0 Å². The van der Waals surface area contributed by atoms with Crippen LogP contribution in [0.5, 0.6) is 0 Å². The zero-order chi connectivity index (χ0) is 30.4. The Bertz CT molecular complexity index is 1470. The van der Waals surface area contributed by atoms with Gasteiger partial charge in [0.05, 0.1) is 16.1 Å². The summed E-state index contributed by atoms with van der Waals surface area (Å²) in [6, 6.07) is 16.2. The molecule has 0 aliphatic heterocycles. The van der Waals surface area contributed by atoms with Gasteiger partial charge in [0.25, 0.3) is 10.0 Å². The van der Waals surface area contributed by atoms with E-state index >= 15 is 0 Å². The summed E-state index contributed by atoms with van der Waals surface area (Å²) in [7, 11) is -4.50. The van der Waals surface area contributed by atoms with E-state index in [-0.39, 0.29) is 23.2 Å². The number of hydrogen-bond donors (Lipinski definition) is 1. The summed E-state index contributed by atoms with van der Waals surface area (Å²) in [5.74, 6) is -1.29. The van der Waals surface area contributed by atoms with Gasteiger partial charge in [0.2, 0.25) is 11.8 Å². The molecule has 3 rings (SSSR count). The monoisotopic (exact) mass is 609 g/mol. The molecule has 0 spiro atoms. The number of sulfonamides is 1. The fourth-order valence-electron chi connectivity index (χ4n) is 3.94. The summed E-state index contributed by atoms with van der Waals surface area (Å²) in [4.78, 5) is 27.9. The van der Waals surface area contributed by atoms with E-state index in [2.05, 4.69) is 5.32 Å². The molecule has 0 radical (unpaired) electrons. The molecule has 0 bridgehead atoms. The standard InChI is InChI=1S/C29H31ClF3N3O4S/c1-4-20(2)34-28(38)21(3)35(18-22-11-8-9-16-26(22)30)27(37)19-36(41(39,40)25-14-6-5-7-15-25)24-13-10-12-23(17-24)29(31,32)33/h5-17,20-21H,4,18-19H2,1-3H3,(H,34,38)/t20-,21+/m0/s1. The first-order valence-corrected chi connectivity index (χ1v) is 14.7. The summed E-state index contributed by atoms with van der Waals surface area (Å²) in [5, 5.41) is 3.13. The third-order valence-electron chi connectivity index (χ3n) is 6.54. The molecule has 0 aliphatic rings. The van der Waals surface area contributed by atoms with E-state index in [4.69, 9.17) is 11.6 Å². The number of carbonyl (C=O) groups excluding carboxylic acids is 2. The number of nitrogens with one attached hydrogen (secondary N) is 1. The molecule has 0 aromatic heterocycles. The highest BCUT2D eigenvalue weighted by Crippen LogP contribution is 2.33. The largest absolute Gasteiger partial charge is 0.416 e. The van der Waals surface area contributed by atoms with E-state index < -0.39 is 46.2 Å². The van der Waals surface area contributed by atoms with E-state index in [1.54, 1.807) is 37.3 Å². The second kappa shape index (κ2) is 13.4. The number of anilines is 1. The average molecular weight is 610 g/mol. The Morgan fingerprint density at radius 2 is 1.59 bits per heavy atom. The minimum atomic E-state index is -4.75. The Hall–Kier alpha value is -3.57. The van der Waals surface area contributed by atoms with Crippen molar-refractivity contribution < 1.29 is 31.2 Å². The molecule has 0 fully saturated rings. The van der Waals surface area contributed by atoms with Crippen molar-refractivity contribution in [3.8, 4) is 0 Å². The van der Waals surface area contributed by atoms with Gasteiger partial charge in [-0.3, -0.25) is 13.9 Å². The van der Waals surface area contributed by atoms with Gasteiger partial charge in [0.15, 0.2) is 0 Å². The number of alkyl halides is 3. The Morgan fingerprint density at radius 1 is 0.951 bits per heavy atom. The number of benzene rings is 3. The normalized spacial score (nSPS) is 13.2. The highest BCUT2D eigenvalue weighted by molar-refractivity contribution is 7.92. The van der Waals surface area contributed by atoms with Crippen molar-refractivity contribution in [1.82, 2.24) is 10.2 Å². The maximum atomic E-state index is 13.9. The molecule has 7 nitrogen and oxygen atoms in total. The first-order valence-electron chi connectivity index (χ1n) is 12.8. The van der Waals surface area contributed by atoms with Crippen LogP contribution in [0.1, 0.15) is 38.3 Å². The Kier molecular flexibility index (Phi) is 10.4. The van der Waals surface area contributed by atoms with Crippen molar-refractivity contribution in [3.05, 3.63) is 95.0 Å². The second-order valence-corrected chi connectivity index (χ2v) is 11.7. The maximum absolute atomic E-state index is 13.9. The molecule has 2 amide bonds. The Balaban J connectivity index is 2.08. The first-order chi connectivity index (χ1) is 19.3. The molecule has 0 heterocycles. The fourth-order valence-corrected chi connectivity index (χ4v) is 5.57. The van der Waals surface area contributed by atoms with Crippen LogP contribution in [0.3, 0.4) is 0 Å². The molecule has 3 aromatic rings. The lowest BCUT2D eigenvalue weighted by atomic mass is 10.1. The molecule has 220 valence electrons. The molecule has 2 atom stereocenters. The number of hydrogen-bond acceptors (Lipinski definition) is 4. The minimum Gasteiger partial charge on any atom is -0.352 e. The third kappa shape index (κ3) is 8.01. The Morgan fingerprint density at radius 3 is 2.20 bits per heavy atom. The zero-order valence-electron chi connectivity index (χ0n) is 22.7. The van der Waals surface area contributed by atoms with E-state index in [1.807, 2.05) is 6.92 Å². The third-order valence-corrected chi connectivity index (χ3v) is 8.70. The van der Waals surface area contributed by atoms with Crippen LogP contribution in [0.25, 0.3) is 0 Å². The summed E-state index contributed by atoms with van der Waals surface area (Å²) in [6.07, 6.45) is -4.11. The molecular weight excluding hydrogens is 579 g/mol. The van der Waals surface area contributed by atoms with Crippen LogP contribution < -0.4 is 9.62 Å². The van der Waals surface area contributed by atoms with Crippen LogP contribution in [0.15, 0.2) is 83.8 Å². The molecular formula is C29H31ClF3N3O4S. The maximum Gasteiger partial charge on any atom is 0.416 e. The van der Waals surface area contributed by atoms with Gasteiger partial charge >= 0.3 is 6.18 Å². The summed E-state index contributed by atoms with van der Waals surface area (Å²) < 4.78 is 68.7. The summed E-state index contributed by atoms with van der Waals surface area (Å²) >= 11 is 6.33. The van der Waals surface area contributed by atoms with Gasteiger partial charge in [-0.1, -0.05) is 61.0 Å². The first kappa shape index (κ1) is 32.0. The second-order valence-electron chi connectivity index (χ2n) is 9.48. The quantitative estimate of drug-likeness (QED) is 0.294. The van der Waals surface area contributed by atoms with Gasteiger partial charge in [-0.15, -0.1) is 0 Å². The molecule has 3 aromatic carbocycles. The molecule has 41 heavy (non-hydrogen) atoms. The van der Waals surface area contributed by atoms with E-state index in [0.717, 1.165) is 12.1 Å². The number of rotatable bonds is 11. The zero-order valence-corrected chi connectivity index (χ0v) is 24.3. The predicted octanol–water partition coefficient (Wildman–Crippen LogP) is 5.89. The van der Waals surface area contributed by atoms with Crippen LogP contribution in [0, 0.1) is 0 Å². The van der Waals surface area contributed by atoms with Gasteiger partial charge in [-0.05, 0) is 62.2 Å². The topological polar surface area (TPSA) is 86.8 Å². The smallest absolute Gasteiger partial charge is 0.352 e. The SMILES string of the molecule is CC[C@H](C)NC(=O)[C@@H](C)N(Cc1ccccc1Cl)C(=O)CN(c1cccc(C(F)(F)F)c1)S(=O)(=O)c1ccccc1. The van der Waals surface area contributed by atoms with Gasteiger partial charge in [-0.25, -0.2) is 8.42 Å². The van der Waals surface area contributed by atoms with Gasteiger partial charge in [0.1, 0.15) is 12.6 Å². The van der Waals surface area contributed by atoms with Crippen LogP contribution in [-0.4, -0.2) is 43.8 Å². The van der Waals surface area contributed by atoms with Crippen LogP contribution in [-0.2, 0) is 32.3 Å². The van der Waals surface area contributed by atoms with Crippen molar-refractivity contribution >= 4 is 39.1 Å². The molecule has 12 heteroatoms. The average Bonchev–Trinajstić information content (AvgIpc) is 2.94. The fraction of sp³-hybridized carbons (Fsp3) is 0.310. The van der Waals surface area contributed by atoms with Crippen molar-refractivity contribution in [2.24, 2.45) is 0 Å². The number of amides is 2. The number of nitrogens with zero attached hydrogens (tertiary/aromatic N) is 2. The van der Waals surface area contributed by atoms with E-state index in [0.29, 0.717) is 27.4 Å². The van der Waals surface area contributed by atoms with Crippen LogP contribution in [0.2, 0.25) is 5.02 Å². The van der Waals surface area contributed by atoms with Gasteiger partial charge in [0, 0.05) is 17.6 Å². The van der Waals surface area contributed by atoms with Crippen molar-refractivity contribution in [2.75, 3.05) is 10.8 Å². The van der Waals surface area contributed by atoms with Crippen molar-refractivity contribution in [3.63, 3.8) is 0 Å². The lowest BCUT2D eigenvalue weighted by Gasteiger charge is -2.32.